The summed E-state index contributed by atoms with van der Waals surface area (Å²) in [5.74, 6) is 0. The average Bonchev–Trinajstić information content (AvgIpc) is 1.74. The van der Waals surface area contributed by atoms with Gasteiger partial charge < -0.3 is 4.74 Å². The van der Waals surface area contributed by atoms with Crippen molar-refractivity contribution < 1.29 is 4.74 Å². The van der Waals surface area contributed by atoms with E-state index >= 15 is 0 Å². The van der Waals surface area contributed by atoms with Crippen LogP contribution < -0.4 is 0 Å². The van der Waals surface area contributed by atoms with Crippen molar-refractivity contribution >= 4 is 0 Å². The fourth-order valence-electron chi connectivity index (χ4n) is 0.647. The molecule has 1 nitrogen and oxygen atoms in total. The van der Waals surface area contributed by atoms with Gasteiger partial charge in [-0.15, -0.1) is 0 Å². The first-order chi connectivity index (χ1) is 2.47. The predicted molar refractivity (Wildman–Crippen MR) is 17.3 cm³/mol. The van der Waals surface area contributed by atoms with E-state index in [1.807, 2.05) is 0 Å². The van der Waals surface area contributed by atoms with Crippen LogP contribution in [-0.2, 0) is 4.74 Å². The second kappa shape index (κ2) is 0.432. The third-order valence-electron chi connectivity index (χ3n) is 1.25. The fraction of sp³-hybridized carbons (Fsp3) is 0.750. The lowest BCUT2D eigenvalue weighted by Gasteiger charge is -1.96. The quantitative estimate of drug-likeness (QED) is 0.382. The Morgan fingerprint density at radius 3 is 2.60 bits per heavy atom. The van der Waals surface area contributed by atoms with Gasteiger partial charge in [-0.25, -0.2) is 0 Å². The molecule has 1 radical (unpaired) electrons. The highest BCUT2D eigenvalue weighted by Gasteiger charge is 2.48. The van der Waals surface area contributed by atoms with E-state index in [2.05, 4.69) is 0 Å². The average molecular weight is 69.1 g/mol. The number of fused-ring (bicyclic) bond motifs is 1. The molecule has 0 aromatic heterocycles. The van der Waals surface area contributed by atoms with Gasteiger partial charge in [0.15, 0.2) is 0 Å². The molecule has 1 heteroatoms. The molecule has 1 aliphatic heterocycles. The largest absolute Gasteiger partial charge is 0.363 e. The lowest BCUT2D eigenvalue weighted by molar-refractivity contribution is 0.442. The van der Waals surface area contributed by atoms with Crippen LogP contribution in [0.4, 0.5) is 0 Å². The van der Waals surface area contributed by atoms with Gasteiger partial charge in [-0.3, -0.25) is 0 Å². The highest BCUT2D eigenvalue weighted by atomic mass is 16.6. The van der Waals surface area contributed by atoms with Crippen LogP contribution in [0, 0.1) is 6.10 Å². The molecule has 1 saturated heterocycles. The van der Waals surface area contributed by atoms with Crippen molar-refractivity contribution in [3.63, 3.8) is 0 Å². The van der Waals surface area contributed by atoms with Gasteiger partial charge in [0.25, 0.3) is 0 Å². The third-order valence-corrected chi connectivity index (χ3v) is 1.25. The monoisotopic (exact) mass is 69.0 g/mol. The highest BCUT2D eigenvalue weighted by Crippen LogP contribution is 2.48. The molecule has 0 bridgehead atoms. The second-order valence-corrected chi connectivity index (χ2v) is 1.61. The van der Waals surface area contributed by atoms with E-state index in [0.717, 1.165) is 0 Å². The Bertz CT molecular complexity index is 48.7. The van der Waals surface area contributed by atoms with Crippen molar-refractivity contribution in [1.82, 2.24) is 0 Å². The van der Waals surface area contributed by atoms with Gasteiger partial charge >= 0.3 is 0 Å². The molecule has 0 amide bonds. The molecule has 5 heavy (non-hydrogen) atoms. The fourth-order valence-corrected chi connectivity index (χ4v) is 0.647. The van der Waals surface area contributed by atoms with Gasteiger partial charge in [0.1, 0.15) is 6.10 Å². The Morgan fingerprint density at radius 1 is 1.80 bits per heavy atom. The van der Waals surface area contributed by atoms with Crippen LogP contribution in [0.15, 0.2) is 0 Å². The Morgan fingerprint density at radius 2 is 2.60 bits per heavy atom. The van der Waals surface area contributed by atoms with Crippen LogP contribution in [0.2, 0.25) is 0 Å². The molecular formula is C4H5O. The number of hydrogen-bond donors (Lipinski definition) is 0. The summed E-state index contributed by atoms with van der Waals surface area (Å²) in [6.45, 7) is 0. The van der Waals surface area contributed by atoms with Gasteiger partial charge in [0.05, 0.1) is 6.10 Å². The summed E-state index contributed by atoms with van der Waals surface area (Å²) in [5, 5.41) is 0. The number of rotatable bonds is 0. The molecule has 27 valence electrons. The minimum Gasteiger partial charge on any atom is -0.363 e. The van der Waals surface area contributed by atoms with Crippen molar-refractivity contribution in [2.75, 3.05) is 0 Å². The summed E-state index contributed by atoms with van der Waals surface area (Å²) in [6, 6.07) is 0. The van der Waals surface area contributed by atoms with Gasteiger partial charge in [-0.1, -0.05) is 0 Å². The zero-order valence-electron chi connectivity index (χ0n) is 2.90. The minimum atomic E-state index is 0.648. The Balaban J connectivity index is 2.19. The molecule has 0 aromatic carbocycles. The maximum atomic E-state index is 4.94. The van der Waals surface area contributed by atoms with Gasteiger partial charge in [-0.2, -0.15) is 0 Å². The van der Waals surface area contributed by atoms with Crippen LogP contribution in [0.25, 0.3) is 0 Å². The first kappa shape index (κ1) is 2.19. The molecule has 1 unspecified atom stereocenters. The summed E-state index contributed by atoms with van der Waals surface area (Å²) >= 11 is 0. The maximum Gasteiger partial charge on any atom is 0.126 e. The smallest absolute Gasteiger partial charge is 0.126 e. The minimum absolute atomic E-state index is 0.648. The lowest BCUT2D eigenvalue weighted by atomic mass is 10.0. The molecular weight excluding hydrogens is 64.0 g/mol. The van der Waals surface area contributed by atoms with Crippen LogP contribution >= 0.6 is 0 Å². The molecule has 2 rings (SSSR count). The zero-order valence-corrected chi connectivity index (χ0v) is 2.90. The zero-order chi connectivity index (χ0) is 3.28. The van der Waals surface area contributed by atoms with Gasteiger partial charge in [-0.05, 0) is 12.8 Å². The van der Waals surface area contributed by atoms with Crippen LogP contribution in [0.3, 0.4) is 0 Å². The van der Waals surface area contributed by atoms with Crippen molar-refractivity contribution in [2.45, 2.75) is 18.9 Å². The lowest BCUT2D eigenvalue weighted by Crippen LogP contribution is -1.97. The molecule has 1 atom stereocenters. The number of epoxide rings is 1. The molecule has 1 saturated carbocycles. The topological polar surface area (TPSA) is 12.5 Å². The van der Waals surface area contributed by atoms with Gasteiger partial charge in [0, 0.05) is 0 Å². The maximum absolute atomic E-state index is 4.94. The first-order valence-electron chi connectivity index (χ1n) is 1.99. The van der Waals surface area contributed by atoms with Crippen LogP contribution in [0.5, 0.6) is 0 Å². The summed E-state index contributed by atoms with van der Waals surface area (Å²) < 4.78 is 4.94. The van der Waals surface area contributed by atoms with Crippen molar-refractivity contribution in [2.24, 2.45) is 0 Å². The van der Waals surface area contributed by atoms with E-state index in [9.17, 15) is 0 Å². The standard InChI is InChI=1S/C4H5O/c1-2-4-3(1)5-4/h3H,1-2H2. The van der Waals surface area contributed by atoms with E-state index in [1.165, 1.54) is 18.9 Å². The Hall–Kier alpha value is -0.0400. The van der Waals surface area contributed by atoms with E-state index in [4.69, 9.17) is 4.74 Å². The molecule has 0 aromatic rings. The van der Waals surface area contributed by atoms with E-state index in [1.54, 1.807) is 0 Å². The predicted octanol–water partition coefficient (Wildman–Crippen LogP) is 0.711. The summed E-state index contributed by atoms with van der Waals surface area (Å²) in [6.07, 6.45) is 4.56. The molecule has 0 N–H and O–H groups in total. The number of ether oxygens (including phenoxy) is 1. The van der Waals surface area contributed by atoms with E-state index < -0.39 is 0 Å². The molecule has 2 fully saturated rings. The Labute approximate surface area is 30.9 Å². The normalized spacial score (nSPS) is 46.8. The van der Waals surface area contributed by atoms with E-state index in [-0.39, 0.29) is 0 Å². The summed E-state index contributed by atoms with van der Waals surface area (Å²) in [4.78, 5) is 0. The molecule has 1 heterocycles. The summed E-state index contributed by atoms with van der Waals surface area (Å²) in [5.41, 5.74) is 0. The van der Waals surface area contributed by atoms with Crippen LogP contribution in [0.1, 0.15) is 12.8 Å². The van der Waals surface area contributed by atoms with Crippen molar-refractivity contribution in [3.8, 4) is 0 Å². The SMILES string of the molecule is C1CC2O[C]12. The highest BCUT2D eigenvalue weighted by molar-refractivity contribution is 5.12. The molecule has 1 aliphatic carbocycles. The van der Waals surface area contributed by atoms with Gasteiger partial charge in [0.2, 0.25) is 0 Å². The molecule has 0 spiro atoms. The van der Waals surface area contributed by atoms with Crippen LogP contribution in [-0.4, -0.2) is 6.10 Å². The van der Waals surface area contributed by atoms with E-state index in [0.29, 0.717) is 6.10 Å². The van der Waals surface area contributed by atoms with Crippen molar-refractivity contribution in [3.05, 3.63) is 6.10 Å². The molecule has 2 aliphatic rings. The second-order valence-electron chi connectivity index (χ2n) is 1.61. The summed E-state index contributed by atoms with van der Waals surface area (Å²) in [7, 11) is 0. The third kappa shape index (κ3) is 0.127. The first-order valence-corrected chi connectivity index (χ1v) is 1.99. The number of hydrogen-bond acceptors (Lipinski definition) is 1. The Kier molecular flexibility index (Phi) is 0.189. The van der Waals surface area contributed by atoms with Crippen molar-refractivity contribution in [1.29, 1.82) is 0 Å².